The molecule has 1 saturated heterocycles. The van der Waals surface area contributed by atoms with E-state index in [1.165, 1.54) is 17.8 Å². The van der Waals surface area contributed by atoms with Crippen LogP contribution in [0.2, 0.25) is 0 Å². The summed E-state index contributed by atoms with van der Waals surface area (Å²) < 4.78 is 38.7. The van der Waals surface area contributed by atoms with Gasteiger partial charge in [-0.3, -0.25) is 9.89 Å². The van der Waals surface area contributed by atoms with Crippen molar-refractivity contribution in [2.24, 2.45) is 0 Å². The van der Waals surface area contributed by atoms with Crippen LogP contribution < -0.4 is 4.90 Å². The van der Waals surface area contributed by atoms with Gasteiger partial charge in [0.25, 0.3) is 0 Å². The lowest BCUT2D eigenvalue weighted by molar-refractivity contribution is -0.137. The molecule has 6 nitrogen and oxygen atoms in total. The molecule has 0 unspecified atom stereocenters. The van der Waals surface area contributed by atoms with E-state index in [0.29, 0.717) is 42.9 Å². The van der Waals surface area contributed by atoms with Gasteiger partial charge in [0.1, 0.15) is 5.82 Å². The highest BCUT2D eigenvalue weighted by Gasteiger charge is 2.31. The van der Waals surface area contributed by atoms with Crippen LogP contribution in [0.3, 0.4) is 0 Å². The van der Waals surface area contributed by atoms with Crippen LogP contribution in [0, 0.1) is 0 Å². The fraction of sp³-hybridized carbons (Fsp3) is 0.500. The number of halogens is 3. The third-order valence-electron chi connectivity index (χ3n) is 4.94. The predicted molar refractivity (Wildman–Crippen MR) is 99.3 cm³/mol. The second-order valence-corrected chi connectivity index (χ2v) is 7.92. The predicted octanol–water partition coefficient (Wildman–Crippen LogP) is 3.14. The lowest BCUT2D eigenvalue weighted by Gasteiger charge is -2.36. The molecule has 28 heavy (non-hydrogen) atoms. The van der Waals surface area contributed by atoms with E-state index in [1.807, 2.05) is 4.90 Å². The number of H-pyrrole nitrogens is 1. The Bertz CT molecular complexity index is 844. The van der Waals surface area contributed by atoms with Gasteiger partial charge >= 0.3 is 6.18 Å². The average Bonchev–Trinajstić information content (AvgIpc) is 3.44. The van der Waals surface area contributed by atoms with Gasteiger partial charge in [-0.1, -0.05) is 17.8 Å². The zero-order valence-electron chi connectivity index (χ0n) is 15.1. The van der Waals surface area contributed by atoms with Gasteiger partial charge in [0, 0.05) is 37.8 Å². The Labute approximate surface area is 164 Å². The summed E-state index contributed by atoms with van der Waals surface area (Å²) in [7, 11) is 0. The van der Waals surface area contributed by atoms with Crippen LogP contribution in [0.5, 0.6) is 0 Å². The van der Waals surface area contributed by atoms with Crippen molar-refractivity contribution >= 4 is 23.4 Å². The average molecular weight is 411 g/mol. The Hall–Kier alpha value is -2.23. The topological polar surface area (TPSA) is 65.1 Å². The Morgan fingerprint density at radius 2 is 1.96 bits per heavy atom. The maximum Gasteiger partial charge on any atom is 0.416 e. The molecule has 2 fully saturated rings. The highest BCUT2D eigenvalue weighted by atomic mass is 32.2. The molecule has 0 radical (unpaired) electrons. The van der Waals surface area contributed by atoms with Crippen molar-refractivity contribution in [1.82, 2.24) is 20.1 Å². The summed E-state index contributed by atoms with van der Waals surface area (Å²) in [5, 5.41) is 7.63. The first-order valence-corrected chi connectivity index (χ1v) is 10.1. The Morgan fingerprint density at radius 3 is 2.64 bits per heavy atom. The molecule has 1 saturated carbocycles. The number of amides is 1. The van der Waals surface area contributed by atoms with Crippen molar-refractivity contribution in [2.45, 2.75) is 30.1 Å². The summed E-state index contributed by atoms with van der Waals surface area (Å²) in [4.78, 5) is 20.4. The van der Waals surface area contributed by atoms with E-state index in [4.69, 9.17) is 0 Å². The van der Waals surface area contributed by atoms with E-state index >= 15 is 0 Å². The SMILES string of the molecule is O=C(CSc1n[nH]c(C2CC2)n1)N1CCN(c2cccc(C(F)(F)F)c2)CC1. The minimum absolute atomic E-state index is 0.00790. The molecule has 1 aromatic heterocycles. The number of nitrogens with one attached hydrogen (secondary N) is 1. The molecule has 150 valence electrons. The van der Waals surface area contributed by atoms with Crippen molar-refractivity contribution in [1.29, 1.82) is 0 Å². The van der Waals surface area contributed by atoms with E-state index in [1.54, 1.807) is 11.0 Å². The molecule has 2 aliphatic rings. The van der Waals surface area contributed by atoms with Crippen LogP contribution in [-0.4, -0.2) is 57.9 Å². The fourth-order valence-corrected chi connectivity index (χ4v) is 3.88. The lowest BCUT2D eigenvalue weighted by Crippen LogP contribution is -2.49. The highest BCUT2D eigenvalue weighted by molar-refractivity contribution is 7.99. The Balaban J connectivity index is 1.28. The first-order valence-electron chi connectivity index (χ1n) is 9.15. The van der Waals surface area contributed by atoms with Gasteiger partial charge in [-0.25, -0.2) is 4.98 Å². The van der Waals surface area contributed by atoms with E-state index in [9.17, 15) is 18.0 Å². The molecule has 0 spiro atoms. The number of anilines is 1. The van der Waals surface area contributed by atoms with Gasteiger partial charge in [0.2, 0.25) is 11.1 Å². The number of aromatic amines is 1. The molecule has 1 N–H and O–H groups in total. The van der Waals surface area contributed by atoms with E-state index in [0.717, 1.165) is 30.8 Å². The van der Waals surface area contributed by atoms with Gasteiger partial charge in [-0.15, -0.1) is 5.10 Å². The third-order valence-corrected chi connectivity index (χ3v) is 5.77. The molecule has 10 heteroatoms. The van der Waals surface area contributed by atoms with Crippen LogP contribution in [0.1, 0.15) is 30.1 Å². The summed E-state index contributed by atoms with van der Waals surface area (Å²) in [6.45, 7) is 1.97. The number of rotatable bonds is 5. The van der Waals surface area contributed by atoms with E-state index in [2.05, 4.69) is 15.2 Å². The van der Waals surface area contributed by atoms with Crippen molar-refractivity contribution < 1.29 is 18.0 Å². The van der Waals surface area contributed by atoms with Gasteiger partial charge in [0.05, 0.1) is 11.3 Å². The first-order chi connectivity index (χ1) is 13.4. The zero-order valence-corrected chi connectivity index (χ0v) is 15.9. The van der Waals surface area contributed by atoms with Gasteiger partial charge in [0.15, 0.2) is 0 Å². The van der Waals surface area contributed by atoms with Crippen LogP contribution in [0.15, 0.2) is 29.4 Å². The summed E-state index contributed by atoms with van der Waals surface area (Å²) in [6, 6.07) is 5.31. The number of carbonyl (C=O) groups is 1. The van der Waals surface area contributed by atoms with Crippen LogP contribution in [-0.2, 0) is 11.0 Å². The number of carbonyl (C=O) groups excluding carboxylic acids is 1. The van der Waals surface area contributed by atoms with Crippen LogP contribution in [0.25, 0.3) is 0 Å². The molecule has 0 bridgehead atoms. The summed E-state index contributed by atoms with van der Waals surface area (Å²) in [5.41, 5.74) is -0.124. The maximum atomic E-state index is 12.9. The summed E-state index contributed by atoms with van der Waals surface area (Å²) in [5.74, 6) is 1.63. The minimum Gasteiger partial charge on any atom is -0.368 e. The van der Waals surface area contributed by atoms with E-state index < -0.39 is 11.7 Å². The molecule has 0 atom stereocenters. The van der Waals surface area contributed by atoms with Crippen molar-refractivity contribution in [3.8, 4) is 0 Å². The quantitative estimate of drug-likeness (QED) is 0.766. The maximum absolute atomic E-state index is 12.9. The number of aromatic nitrogens is 3. The van der Waals surface area contributed by atoms with Gasteiger partial charge in [-0.2, -0.15) is 13.2 Å². The van der Waals surface area contributed by atoms with Crippen molar-refractivity contribution in [3.05, 3.63) is 35.7 Å². The summed E-state index contributed by atoms with van der Waals surface area (Å²) in [6.07, 6.45) is -2.09. The fourth-order valence-electron chi connectivity index (χ4n) is 3.17. The third kappa shape index (κ3) is 4.43. The lowest BCUT2D eigenvalue weighted by atomic mass is 10.1. The molecule has 1 aliphatic heterocycles. The standard InChI is InChI=1S/C18H20F3N5OS/c19-18(20,21)13-2-1-3-14(10-13)25-6-8-26(9-7-25)15(27)11-28-17-22-16(23-24-17)12-4-5-12/h1-3,10,12H,4-9,11H2,(H,22,23,24). The number of thioether (sulfide) groups is 1. The molecule has 2 heterocycles. The van der Waals surface area contributed by atoms with Crippen LogP contribution >= 0.6 is 11.8 Å². The van der Waals surface area contributed by atoms with Gasteiger partial charge < -0.3 is 9.80 Å². The van der Waals surface area contributed by atoms with Crippen molar-refractivity contribution in [3.63, 3.8) is 0 Å². The normalized spacial score (nSPS) is 17.8. The van der Waals surface area contributed by atoms with Gasteiger partial charge in [-0.05, 0) is 31.0 Å². The second kappa shape index (κ2) is 7.65. The summed E-state index contributed by atoms with van der Waals surface area (Å²) >= 11 is 1.31. The molecule has 1 amide bonds. The van der Waals surface area contributed by atoms with E-state index in [-0.39, 0.29) is 11.7 Å². The molecule has 1 aromatic carbocycles. The Kier molecular flexibility index (Phi) is 5.22. The zero-order chi connectivity index (χ0) is 19.7. The largest absolute Gasteiger partial charge is 0.416 e. The number of benzene rings is 1. The highest BCUT2D eigenvalue weighted by Crippen LogP contribution is 2.38. The first kappa shape index (κ1) is 19.1. The number of piperazine rings is 1. The van der Waals surface area contributed by atoms with Crippen molar-refractivity contribution in [2.75, 3.05) is 36.8 Å². The number of nitrogens with zero attached hydrogens (tertiary/aromatic N) is 4. The minimum atomic E-state index is -4.36. The molecule has 1 aliphatic carbocycles. The van der Waals surface area contributed by atoms with Crippen LogP contribution in [0.4, 0.5) is 18.9 Å². The monoisotopic (exact) mass is 411 g/mol. The number of alkyl halides is 3. The Morgan fingerprint density at radius 1 is 1.21 bits per heavy atom. The smallest absolute Gasteiger partial charge is 0.368 e. The molecular weight excluding hydrogens is 391 g/mol. The molecule has 4 rings (SSSR count). The second-order valence-electron chi connectivity index (χ2n) is 6.98. The molecule has 2 aromatic rings. The molecular formula is C18H20F3N5OS. The number of hydrogen-bond acceptors (Lipinski definition) is 5. The number of hydrogen-bond donors (Lipinski definition) is 1.